The van der Waals surface area contributed by atoms with Gasteiger partial charge in [0.15, 0.2) is 6.29 Å². The minimum absolute atomic E-state index is 0.0245. The fourth-order valence-corrected chi connectivity index (χ4v) is 5.63. The number of alkyl carbamates (subject to hydrolysis) is 1. The van der Waals surface area contributed by atoms with Gasteiger partial charge in [0.05, 0.1) is 30.9 Å². The third-order valence-electron chi connectivity index (χ3n) is 8.13. The van der Waals surface area contributed by atoms with Crippen LogP contribution < -0.4 is 10.2 Å². The number of ether oxygens (including phenoxy) is 3. The summed E-state index contributed by atoms with van der Waals surface area (Å²) in [6, 6.07) is 22.8. The Morgan fingerprint density at radius 2 is 1.71 bits per heavy atom. The van der Waals surface area contributed by atoms with Crippen molar-refractivity contribution in [3.63, 3.8) is 0 Å². The number of hydrogen-bond donors (Lipinski definition) is 2. The van der Waals surface area contributed by atoms with E-state index < -0.39 is 30.2 Å². The van der Waals surface area contributed by atoms with E-state index in [1.165, 1.54) is 0 Å². The average molecular weight is 614 g/mol. The molecule has 2 aliphatic heterocycles. The summed E-state index contributed by atoms with van der Waals surface area (Å²) in [5.74, 6) is -0.923. The van der Waals surface area contributed by atoms with Gasteiger partial charge in [-0.2, -0.15) is 0 Å². The van der Waals surface area contributed by atoms with Crippen molar-refractivity contribution >= 4 is 23.6 Å². The predicted molar refractivity (Wildman–Crippen MR) is 168 cm³/mol. The fourth-order valence-electron chi connectivity index (χ4n) is 5.63. The molecular weight excluding hydrogens is 574 g/mol. The highest BCUT2D eigenvalue weighted by Crippen LogP contribution is 2.42. The van der Waals surface area contributed by atoms with E-state index in [2.05, 4.69) is 23.7 Å². The van der Waals surface area contributed by atoms with Gasteiger partial charge in [-0.15, -0.1) is 6.58 Å². The van der Waals surface area contributed by atoms with Crippen molar-refractivity contribution < 1.29 is 33.7 Å². The number of nitrogens with one attached hydrogen (secondary N) is 1. The average Bonchev–Trinajstić information content (AvgIpc) is 3.33. The van der Waals surface area contributed by atoms with Crippen LogP contribution in [-0.2, 0) is 37.0 Å². The van der Waals surface area contributed by atoms with Crippen LogP contribution in [0.1, 0.15) is 48.0 Å². The quantitative estimate of drug-likeness (QED) is 0.237. The van der Waals surface area contributed by atoms with Gasteiger partial charge in [-0.05, 0) is 35.9 Å². The van der Waals surface area contributed by atoms with Crippen LogP contribution in [0.5, 0.6) is 0 Å². The molecule has 0 saturated carbocycles. The number of nitrogens with zero attached hydrogens (tertiary/aromatic N) is 2. The van der Waals surface area contributed by atoms with Gasteiger partial charge in [0.1, 0.15) is 12.6 Å². The number of carbonyl (C=O) groups is 3. The lowest BCUT2D eigenvalue weighted by atomic mass is 9.90. The highest BCUT2D eigenvalue weighted by atomic mass is 16.7. The molecule has 2 N–H and O–H groups in total. The van der Waals surface area contributed by atoms with E-state index in [1.54, 1.807) is 24.3 Å². The standard InChI is InChI=1S/C35H39N3O7/c1-4-18-37(3)20-30-23(2)32(26-12-10-24(21-39)11-13-26)45-34(44-30)27-14-16-28(17-15-27)38-31(40)19-29(33(38)41)36-35(42)43-22-25-8-6-5-7-9-25/h4-17,23,29-30,32,34,39H,1,18-22H2,2-3H3,(H,36,42)/t23-,29?,30+,32+,34+/m0/s1. The van der Waals surface area contributed by atoms with Gasteiger partial charge in [-0.25, -0.2) is 9.69 Å². The molecule has 2 heterocycles. The van der Waals surface area contributed by atoms with E-state index in [-0.39, 0.29) is 37.8 Å². The number of imide groups is 1. The summed E-state index contributed by atoms with van der Waals surface area (Å²) in [7, 11) is 2.01. The molecule has 0 aromatic heterocycles. The smallest absolute Gasteiger partial charge is 0.408 e. The van der Waals surface area contributed by atoms with Crippen LogP contribution in [-0.4, -0.2) is 60.2 Å². The Balaban J connectivity index is 1.28. The van der Waals surface area contributed by atoms with Crippen molar-refractivity contribution in [3.05, 3.63) is 114 Å². The number of rotatable bonds is 11. The number of aliphatic hydroxyl groups excluding tert-OH is 1. The number of benzene rings is 3. The third-order valence-corrected chi connectivity index (χ3v) is 8.13. The Kier molecular flexibility index (Phi) is 10.4. The number of amides is 3. The second kappa shape index (κ2) is 14.6. The van der Waals surface area contributed by atoms with Crippen LogP contribution in [0.25, 0.3) is 0 Å². The minimum Gasteiger partial charge on any atom is -0.445 e. The molecule has 2 fully saturated rings. The van der Waals surface area contributed by atoms with Crippen LogP contribution in [0.3, 0.4) is 0 Å². The molecule has 236 valence electrons. The third kappa shape index (κ3) is 7.66. The SMILES string of the molecule is C=CCN(C)C[C@H]1O[C@@H](c2ccc(N3C(=O)CC(NC(=O)OCc4ccccc4)C3=O)cc2)O[C@@H](c2ccc(CO)cc2)[C@H]1C. The lowest BCUT2D eigenvalue weighted by Crippen LogP contribution is -2.43. The lowest BCUT2D eigenvalue weighted by Gasteiger charge is -2.42. The molecule has 0 bridgehead atoms. The summed E-state index contributed by atoms with van der Waals surface area (Å²) >= 11 is 0. The van der Waals surface area contributed by atoms with Crippen LogP contribution >= 0.6 is 0 Å². The predicted octanol–water partition coefficient (Wildman–Crippen LogP) is 4.65. The fraction of sp³-hybridized carbons (Fsp3) is 0.343. The maximum atomic E-state index is 13.2. The molecule has 45 heavy (non-hydrogen) atoms. The number of anilines is 1. The Labute approximate surface area is 263 Å². The van der Waals surface area contributed by atoms with Crippen LogP contribution in [0.2, 0.25) is 0 Å². The van der Waals surface area contributed by atoms with E-state index in [0.29, 0.717) is 18.8 Å². The molecule has 5 atom stereocenters. The van der Waals surface area contributed by atoms with E-state index in [9.17, 15) is 19.5 Å². The minimum atomic E-state index is -1.02. The van der Waals surface area contributed by atoms with Gasteiger partial charge < -0.3 is 29.5 Å². The number of hydrogen-bond acceptors (Lipinski definition) is 8. The second-order valence-corrected chi connectivity index (χ2v) is 11.5. The van der Waals surface area contributed by atoms with E-state index in [1.807, 2.05) is 67.7 Å². The second-order valence-electron chi connectivity index (χ2n) is 11.5. The molecule has 2 aliphatic rings. The van der Waals surface area contributed by atoms with E-state index in [4.69, 9.17) is 14.2 Å². The largest absolute Gasteiger partial charge is 0.445 e. The van der Waals surface area contributed by atoms with Gasteiger partial charge in [0.25, 0.3) is 5.91 Å². The monoisotopic (exact) mass is 613 g/mol. The van der Waals surface area contributed by atoms with Crippen molar-refractivity contribution in [1.29, 1.82) is 0 Å². The van der Waals surface area contributed by atoms with Gasteiger partial charge in [-0.1, -0.05) is 79.7 Å². The Bertz CT molecular complexity index is 1480. The summed E-state index contributed by atoms with van der Waals surface area (Å²) in [4.78, 5) is 41.6. The van der Waals surface area contributed by atoms with Gasteiger partial charge in [0.2, 0.25) is 5.91 Å². The van der Waals surface area contributed by atoms with E-state index in [0.717, 1.165) is 27.2 Å². The van der Waals surface area contributed by atoms with Crippen LogP contribution in [0.4, 0.5) is 10.5 Å². The molecule has 3 amide bonds. The topological polar surface area (TPSA) is 118 Å². The Morgan fingerprint density at radius 1 is 1.02 bits per heavy atom. The van der Waals surface area contributed by atoms with Gasteiger partial charge >= 0.3 is 6.09 Å². The zero-order valence-corrected chi connectivity index (χ0v) is 25.5. The molecular formula is C35H39N3O7. The molecule has 0 radical (unpaired) electrons. The van der Waals surface area contributed by atoms with Crippen molar-refractivity contribution in [2.75, 3.05) is 25.0 Å². The lowest BCUT2D eigenvalue weighted by molar-refractivity contribution is -0.275. The van der Waals surface area contributed by atoms with Gasteiger partial charge in [0, 0.05) is 24.6 Å². The van der Waals surface area contributed by atoms with Gasteiger partial charge in [-0.3, -0.25) is 9.59 Å². The molecule has 10 heteroatoms. The molecule has 2 saturated heterocycles. The Morgan fingerprint density at radius 3 is 2.38 bits per heavy atom. The summed E-state index contributed by atoms with van der Waals surface area (Å²) in [6.07, 6.45) is -0.208. The van der Waals surface area contributed by atoms with Crippen LogP contribution in [0.15, 0.2) is 91.5 Å². The molecule has 0 spiro atoms. The molecule has 3 aromatic rings. The molecule has 3 aromatic carbocycles. The molecule has 1 unspecified atom stereocenters. The summed E-state index contributed by atoms with van der Waals surface area (Å²) in [6.45, 7) is 7.33. The first-order valence-corrected chi connectivity index (χ1v) is 15.0. The number of likely N-dealkylation sites (N-methyl/N-ethyl adjacent to an activating group) is 1. The zero-order chi connectivity index (χ0) is 31.9. The highest BCUT2D eigenvalue weighted by Gasteiger charge is 2.42. The summed E-state index contributed by atoms with van der Waals surface area (Å²) in [5.41, 5.74) is 3.73. The first-order valence-electron chi connectivity index (χ1n) is 15.0. The normalized spacial score (nSPS) is 23.3. The van der Waals surface area contributed by atoms with Crippen LogP contribution in [0, 0.1) is 5.92 Å². The maximum Gasteiger partial charge on any atom is 0.408 e. The number of carbonyl (C=O) groups excluding carboxylic acids is 3. The first kappa shape index (κ1) is 32.1. The molecule has 10 nitrogen and oxygen atoms in total. The maximum absolute atomic E-state index is 13.2. The summed E-state index contributed by atoms with van der Waals surface area (Å²) < 4.78 is 18.2. The first-order chi connectivity index (χ1) is 21.8. The summed E-state index contributed by atoms with van der Waals surface area (Å²) in [5, 5.41) is 12.0. The highest BCUT2D eigenvalue weighted by molar-refractivity contribution is 6.22. The van der Waals surface area contributed by atoms with Crippen molar-refractivity contribution in [2.45, 2.75) is 51.1 Å². The van der Waals surface area contributed by atoms with E-state index >= 15 is 0 Å². The zero-order valence-electron chi connectivity index (χ0n) is 25.5. The molecule has 5 rings (SSSR count). The van der Waals surface area contributed by atoms with Crippen molar-refractivity contribution in [2.24, 2.45) is 5.92 Å². The Hall–Kier alpha value is -4.35. The van der Waals surface area contributed by atoms with Crippen molar-refractivity contribution in [1.82, 2.24) is 10.2 Å². The number of aliphatic hydroxyl groups is 1. The van der Waals surface area contributed by atoms with Crippen molar-refractivity contribution in [3.8, 4) is 0 Å². The molecule has 0 aliphatic carbocycles.